The average Bonchev–Trinajstić information content (AvgIpc) is 2.67. The highest BCUT2D eigenvalue weighted by Gasteiger charge is 2.28. The highest BCUT2D eigenvalue weighted by Crippen LogP contribution is 2.22. The predicted octanol–water partition coefficient (Wildman–Crippen LogP) is 2.91. The molecule has 5 nitrogen and oxygen atoms in total. The standard InChI is InChI=1S/C20H19ClN2O3/c21-15-7-5-13(6-8-15)18(24)16-3-1-2-4-17(16)20(26)23-11-9-14(10-12-23)19(22)25/h1-8,14H,9-12H2,(H2,22,25). The Hall–Kier alpha value is -2.66. The molecule has 0 aromatic heterocycles. The molecule has 0 aliphatic carbocycles. The SMILES string of the molecule is NC(=O)C1CCN(C(=O)c2ccccc2C(=O)c2ccc(Cl)cc2)CC1. The van der Waals surface area contributed by atoms with E-state index >= 15 is 0 Å². The van der Waals surface area contributed by atoms with Crippen molar-refractivity contribution in [2.75, 3.05) is 13.1 Å². The Morgan fingerprint density at radius 3 is 2.08 bits per heavy atom. The minimum atomic E-state index is -0.324. The first-order chi connectivity index (χ1) is 12.5. The first-order valence-corrected chi connectivity index (χ1v) is 8.83. The van der Waals surface area contributed by atoms with Crippen LogP contribution in [0.3, 0.4) is 0 Å². The van der Waals surface area contributed by atoms with Crippen molar-refractivity contribution >= 4 is 29.2 Å². The second kappa shape index (κ2) is 7.70. The number of piperidine rings is 1. The van der Waals surface area contributed by atoms with Gasteiger partial charge < -0.3 is 10.6 Å². The normalized spacial score (nSPS) is 14.9. The van der Waals surface area contributed by atoms with Crippen molar-refractivity contribution in [3.63, 3.8) is 0 Å². The average molecular weight is 371 g/mol. The molecule has 0 radical (unpaired) electrons. The lowest BCUT2D eigenvalue weighted by Crippen LogP contribution is -2.42. The van der Waals surface area contributed by atoms with E-state index < -0.39 is 0 Å². The molecular formula is C20H19ClN2O3. The predicted molar refractivity (Wildman–Crippen MR) is 99.1 cm³/mol. The van der Waals surface area contributed by atoms with E-state index in [0.29, 0.717) is 47.6 Å². The van der Waals surface area contributed by atoms with Crippen LogP contribution in [-0.4, -0.2) is 35.6 Å². The second-order valence-electron chi connectivity index (χ2n) is 6.35. The summed E-state index contributed by atoms with van der Waals surface area (Å²) in [6, 6.07) is 13.4. The zero-order chi connectivity index (χ0) is 18.7. The van der Waals surface area contributed by atoms with Crippen LogP contribution in [0.5, 0.6) is 0 Å². The Bertz CT molecular complexity index is 840. The number of amides is 2. The van der Waals surface area contributed by atoms with Gasteiger partial charge in [0.25, 0.3) is 5.91 Å². The summed E-state index contributed by atoms with van der Waals surface area (Å²) in [6.45, 7) is 0.909. The van der Waals surface area contributed by atoms with Crippen molar-refractivity contribution in [3.05, 3.63) is 70.2 Å². The van der Waals surface area contributed by atoms with Gasteiger partial charge in [-0.05, 0) is 43.2 Å². The van der Waals surface area contributed by atoms with Crippen molar-refractivity contribution in [3.8, 4) is 0 Å². The Morgan fingerprint density at radius 2 is 1.50 bits per heavy atom. The van der Waals surface area contributed by atoms with E-state index in [0.717, 1.165) is 0 Å². The fourth-order valence-electron chi connectivity index (χ4n) is 3.16. The summed E-state index contributed by atoms with van der Waals surface area (Å²) in [6.07, 6.45) is 1.10. The van der Waals surface area contributed by atoms with Crippen LogP contribution >= 0.6 is 11.6 Å². The van der Waals surface area contributed by atoms with Crippen LogP contribution in [0.2, 0.25) is 5.02 Å². The zero-order valence-corrected chi connectivity index (χ0v) is 14.9. The van der Waals surface area contributed by atoms with Crippen molar-refractivity contribution in [1.29, 1.82) is 0 Å². The van der Waals surface area contributed by atoms with Crippen LogP contribution in [0.15, 0.2) is 48.5 Å². The summed E-state index contributed by atoms with van der Waals surface area (Å²) >= 11 is 5.87. The van der Waals surface area contributed by atoms with E-state index in [-0.39, 0.29) is 23.5 Å². The zero-order valence-electron chi connectivity index (χ0n) is 14.2. The van der Waals surface area contributed by atoms with Crippen LogP contribution in [0, 0.1) is 5.92 Å². The molecule has 1 heterocycles. The number of benzene rings is 2. The molecule has 1 aliphatic heterocycles. The van der Waals surface area contributed by atoms with Gasteiger partial charge in [-0.2, -0.15) is 0 Å². The van der Waals surface area contributed by atoms with E-state index in [1.165, 1.54) is 0 Å². The maximum absolute atomic E-state index is 12.9. The molecule has 3 rings (SSSR count). The molecule has 0 saturated carbocycles. The van der Waals surface area contributed by atoms with Gasteiger partial charge in [-0.15, -0.1) is 0 Å². The van der Waals surface area contributed by atoms with Crippen LogP contribution < -0.4 is 5.73 Å². The quantitative estimate of drug-likeness (QED) is 0.840. The van der Waals surface area contributed by atoms with Gasteiger partial charge in [-0.1, -0.05) is 29.8 Å². The summed E-state index contributed by atoms with van der Waals surface area (Å²) < 4.78 is 0. The molecule has 2 aromatic rings. The maximum Gasteiger partial charge on any atom is 0.254 e. The number of carbonyl (C=O) groups excluding carboxylic acids is 3. The monoisotopic (exact) mass is 370 g/mol. The van der Waals surface area contributed by atoms with E-state index in [4.69, 9.17) is 17.3 Å². The van der Waals surface area contributed by atoms with Crippen LogP contribution in [-0.2, 0) is 4.79 Å². The molecule has 2 N–H and O–H groups in total. The molecular weight excluding hydrogens is 352 g/mol. The molecule has 6 heteroatoms. The number of primary amides is 1. The smallest absolute Gasteiger partial charge is 0.254 e. The number of nitrogens with two attached hydrogens (primary N) is 1. The number of ketones is 1. The van der Waals surface area contributed by atoms with Gasteiger partial charge in [-0.3, -0.25) is 14.4 Å². The number of halogens is 1. The van der Waals surface area contributed by atoms with E-state index in [2.05, 4.69) is 0 Å². The summed E-state index contributed by atoms with van der Waals surface area (Å²) in [4.78, 5) is 38.7. The third kappa shape index (κ3) is 3.78. The first kappa shape index (κ1) is 18.1. The summed E-state index contributed by atoms with van der Waals surface area (Å²) in [5.74, 6) is -0.941. The van der Waals surface area contributed by atoms with Crippen molar-refractivity contribution < 1.29 is 14.4 Å². The Morgan fingerprint density at radius 1 is 0.923 bits per heavy atom. The third-order valence-electron chi connectivity index (χ3n) is 4.69. The van der Waals surface area contributed by atoms with Gasteiger partial charge in [0, 0.05) is 35.2 Å². The molecule has 0 bridgehead atoms. The molecule has 1 saturated heterocycles. The number of likely N-dealkylation sites (tertiary alicyclic amines) is 1. The number of carbonyl (C=O) groups is 3. The van der Waals surface area contributed by atoms with Crippen molar-refractivity contribution in [2.24, 2.45) is 11.7 Å². The largest absolute Gasteiger partial charge is 0.369 e. The van der Waals surface area contributed by atoms with Crippen molar-refractivity contribution in [2.45, 2.75) is 12.8 Å². The topological polar surface area (TPSA) is 80.5 Å². The fourth-order valence-corrected chi connectivity index (χ4v) is 3.29. The van der Waals surface area contributed by atoms with E-state index in [9.17, 15) is 14.4 Å². The molecule has 0 unspecified atom stereocenters. The number of hydrogen-bond acceptors (Lipinski definition) is 3. The van der Waals surface area contributed by atoms with Gasteiger partial charge in [0.05, 0.1) is 5.56 Å². The highest BCUT2D eigenvalue weighted by atomic mass is 35.5. The van der Waals surface area contributed by atoms with E-state index in [1.807, 2.05) is 0 Å². The minimum Gasteiger partial charge on any atom is -0.369 e. The van der Waals surface area contributed by atoms with Crippen molar-refractivity contribution in [1.82, 2.24) is 4.90 Å². The summed E-state index contributed by atoms with van der Waals surface area (Å²) in [5.41, 5.74) is 6.54. The molecule has 0 spiro atoms. The Kier molecular flexibility index (Phi) is 5.38. The van der Waals surface area contributed by atoms with Gasteiger partial charge in [0.2, 0.25) is 5.91 Å². The first-order valence-electron chi connectivity index (χ1n) is 8.45. The molecule has 0 atom stereocenters. The molecule has 26 heavy (non-hydrogen) atoms. The van der Waals surface area contributed by atoms with Gasteiger partial charge in [0.1, 0.15) is 0 Å². The molecule has 1 aliphatic rings. The van der Waals surface area contributed by atoms with Gasteiger partial charge >= 0.3 is 0 Å². The number of hydrogen-bond donors (Lipinski definition) is 1. The van der Waals surface area contributed by atoms with Crippen LogP contribution in [0.25, 0.3) is 0 Å². The minimum absolute atomic E-state index is 0.190. The molecule has 2 aromatic carbocycles. The van der Waals surface area contributed by atoms with Gasteiger partial charge in [-0.25, -0.2) is 0 Å². The molecule has 134 valence electrons. The highest BCUT2D eigenvalue weighted by molar-refractivity contribution is 6.30. The molecule has 2 amide bonds. The van der Waals surface area contributed by atoms with Crippen LogP contribution in [0.1, 0.15) is 39.1 Å². The molecule has 1 fully saturated rings. The number of nitrogens with zero attached hydrogens (tertiary/aromatic N) is 1. The Labute approximate surface area is 156 Å². The summed E-state index contributed by atoms with van der Waals surface area (Å²) in [7, 11) is 0. The lowest BCUT2D eigenvalue weighted by atomic mass is 9.94. The second-order valence-corrected chi connectivity index (χ2v) is 6.79. The lowest BCUT2D eigenvalue weighted by Gasteiger charge is -2.31. The third-order valence-corrected chi connectivity index (χ3v) is 4.95. The van der Waals surface area contributed by atoms with E-state index in [1.54, 1.807) is 53.4 Å². The van der Waals surface area contributed by atoms with Crippen LogP contribution in [0.4, 0.5) is 0 Å². The number of rotatable bonds is 4. The summed E-state index contributed by atoms with van der Waals surface area (Å²) in [5, 5.41) is 0.545. The fraction of sp³-hybridized carbons (Fsp3) is 0.250. The van der Waals surface area contributed by atoms with Gasteiger partial charge in [0.15, 0.2) is 5.78 Å². The maximum atomic E-state index is 12.9. The lowest BCUT2D eigenvalue weighted by molar-refractivity contribution is -0.123. The Balaban J connectivity index is 1.83.